The van der Waals surface area contributed by atoms with Crippen molar-refractivity contribution in [3.63, 3.8) is 0 Å². The summed E-state index contributed by atoms with van der Waals surface area (Å²) in [6.07, 6.45) is 0. The third-order valence-corrected chi connectivity index (χ3v) is 11.5. The van der Waals surface area contributed by atoms with Gasteiger partial charge in [0.1, 0.15) is 60.4 Å². The topological polar surface area (TPSA) is 260 Å². The van der Waals surface area contributed by atoms with Crippen LogP contribution in [-0.4, -0.2) is 147 Å². The maximum Gasteiger partial charge on any atom is 0.356 e. The number of nitrogens with zero attached hydrogens (tertiary/aromatic N) is 10. The van der Waals surface area contributed by atoms with Crippen LogP contribution < -0.4 is 20.1 Å². The number of amides is 4. The second kappa shape index (κ2) is 18.5. The lowest BCUT2D eigenvalue weighted by Gasteiger charge is -2.50. The van der Waals surface area contributed by atoms with Crippen LogP contribution in [0.25, 0.3) is 0 Å². The summed E-state index contributed by atoms with van der Waals surface area (Å²) in [5.74, 6) is -0.159. The molecule has 4 atom stereocenters. The SMILES string of the molecule is CC1=C(CSc2nnnn2C)OCC2C(NC(=O)COc3ccccc3)C(=O)N12.Cn1nnnc1SCC1=C(C(=O)O)N2C(=O)C(NC(=O)COc3ccccc3)C2CO1. The zero-order valence-corrected chi connectivity index (χ0v) is 33.9. The van der Waals surface area contributed by atoms with E-state index in [1.165, 1.54) is 28.2 Å². The standard InChI is InChI=1S/C18H18N6O6S.C18H20N6O4S/c1-23-18(20-21-22-23)31-9-12-15(17(27)28)24-11(7-30-12)14(16(24)26)19-13(25)8-29-10-5-3-2-4-6-10;1-11-14(10-29-18-20-21-22-23(18)2)28-8-13-16(17(26)24(11)13)19-15(25)9-27-12-6-4-3-5-7-12/h2-6,11,14H,7-9H2,1H3,(H,19,25)(H,27,28);3-7,13,16H,8-10H2,1-2H3,(H,19,25). The predicted octanol–water partition coefficient (Wildman–Crippen LogP) is -0.258. The number of aryl methyl sites for hydroxylation is 2. The first-order valence-electron chi connectivity index (χ1n) is 18.2. The van der Waals surface area contributed by atoms with Crippen LogP contribution in [0.1, 0.15) is 6.92 Å². The molecular weight excluding hydrogens is 825 g/mol. The average Bonchev–Trinajstić information content (AvgIpc) is 3.88. The summed E-state index contributed by atoms with van der Waals surface area (Å²) in [5.41, 5.74) is 0.509. The number of tetrazole rings is 2. The van der Waals surface area contributed by atoms with E-state index in [1.54, 1.807) is 60.1 Å². The molecule has 6 heterocycles. The zero-order chi connectivity index (χ0) is 42.3. The van der Waals surface area contributed by atoms with Gasteiger partial charge in [0.15, 0.2) is 18.9 Å². The molecule has 4 aliphatic rings. The number of rotatable bonds is 15. The summed E-state index contributed by atoms with van der Waals surface area (Å²) >= 11 is 2.61. The van der Waals surface area contributed by atoms with Crippen molar-refractivity contribution in [3.05, 3.63) is 83.6 Å². The lowest BCUT2D eigenvalue weighted by molar-refractivity contribution is -0.160. The molecule has 3 N–H and O–H groups in total. The van der Waals surface area contributed by atoms with Crippen LogP contribution in [0.15, 0.2) is 93.9 Å². The molecule has 2 saturated heterocycles. The number of carbonyl (C=O) groups is 5. The second-order valence-electron chi connectivity index (χ2n) is 13.3. The normalized spacial score (nSPS) is 20.2. The molecule has 2 fully saturated rings. The molecular formula is C36H38N12O10S2. The van der Waals surface area contributed by atoms with Gasteiger partial charge in [-0.2, -0.15) is 0 Å². The molecule has 4 unspecified atom stereocenters. The number of aromatic nitrogens is 8. The fraction of sp³-hybridized carbons (Fsp3) is 0.361. The van der Waals surface area contributed by atoms with Crippen molar-refractivity contribution in [2.24, 2.45) is 14.1 Å². The quantitative estimate of drug-likeness (QED) is 0.103. The van der Waals surface area contributed by atoms with Crippen molar-refractivity contribution in [1.29, 1.82) is 0 Å². The molecule has 4 amide bonds. The third kappa shape index (κ3) is 9.12. The van der Waals surface area contributed by atoms with E-state index in [-0.39, 0.29) is 54.9 Å². The van der Waals surface area contributed by atoms with Gasteiger partial charge in [-0.3, -0.25) is 24.1 Å². The number of hydrogen-bond acceptors (Lipinski definition) is 17. The first-order chi connectivity index (χ1) is 29.0. The summed E-state index contributed by atoms with van der Waals surface area (Å²) < 4.78 is 25.3. The highest BCUT2D eigenvalue weighted by Gasteiger charge is 2.55. The van der Waals surface area contributed by atoms with E-state index in [0.717, 1.165) is 10.6 Å². The first-order valence-corrected chi connectivity index (χ1v) is 20.2. The number of carbonyl (C=O) groups excluding carboxylic acids is 4. The molecule has 0 saturated carbocycles. The van der Waals surface area contributed by atoms with Crippen LogP contribution in [0.5, 0.6) is 11.5 Å². The van der Waals surface area contributed by atoms with Crippen LogP contribution >= 0.6 is 23.5 Å². The lowest BCUT2D eigenvalue weighted by atomic mass is 9.92. The summed E-state index contributed by atoms with van der Waals surface area (Å²) in [5, 5.41) is 38.4. The van der Waals surface area contributed by atoms with E-state index in [1.807, 2.05) is 31.2 Å². The van der Waals surface area contributed by atoms with Gasteiger partial charge in [0, 0.05) is 14.1 Å². The zero-order valence-electron chi connectivity index (χ0n) is 32.2. The predicted molar refractivity (Wildman–Crippen MR) is 207 cm³/mol. The van der Waals surface area contributed by atoms with Crippen molar-refractivity contribution in [3.8, 4) is 11.5 Å². The van der Waals surface area contributed by atoms with Gasteiger partial charge in [-0.15, -0.1) is 10.2 Å². The van der Waals surface area contributed by atoms with Crippen molar-refractivity contribution in [2.45, 2.75) is 41.4 Å². The maximum absolute atomic E-state index is 12.6. The van der Waals surface area contributed by atoms with Gasteiger partial charge in [0.2, 0.25) is 10.3 Å². The van der Waals surface area contributed by atoms with E-state index in [9.17, 15) is 29.1 Å². The number of carboxylic acid groups (broad SMARTS) is 1. The number of β-lactam (4-membered cyclic amide) rings is 2. The van der Waals surface area contributed by atoms with E-state index in [2.05, 4.69) is 41.7 Å². The number of para-hydroxylation sites is 2. The van der Waals surface area contributed by atoms with E-state index < -0.39 is 35.9 Å². The monoisotopic (exact) mass is 862 g/mol. The van der Waals surface area contributed by atoms with Crippen LogP contribution in [0.4, 0.5) is 0 Å². The van der Waals surface area contributed by atoms with Gasteiger partial charge >= 0.3 is 5.97 Å². The Morgan fingerprint density at radius 1 is 0.733 bits per heavy atom. The summed E-state index contributed by atoms with van der Waals surface area (Å²) in [6, 6.07) is 15.5. The number of benzene rings is 2. The third-order valence-electron chi connectivity index (χ3n) is 9.46. The van der Waals surface area contributed by atoms with Crippen LogP contribution in [0, 0.1) is 0 Å². The number of carboxylic acids is 1. The minimum atomic E-state index is -1.29. The maximum atomic E-state index is 12.6. The van der Waals surface area contributed by atoms with E-state index in [0.29, 0.717) is 39.9 Å². The summed E-state index contributed by atoms with van der Waals surface area (Å²) in [7, 11) is 3.41. The Morgan fingerprint density at radius 2 is 1.18 bits per heavy atom. The molecule has 0 bridgehead atoms. The highest BCUT2D eigenvalue weighted by Crippen LogP contribution is 2.35. The first kappa shape index (κ1) is 41.5. The molecule has 4 aromatic rings. The smallest absolute Gasteiger partial charge is 0.356 e. The fourth-order valence-corrected chi connectivity index (χ4v) is 8.11. The number of thioether (sulfide) groups is 2. The lowest BCUT2D eigenvalue weighted by Crippen LogP contribution is -2.73. The van der Waals surface area contributed by atoms with Crippen LogP contribution in [0.3, 0.4) is 0 Å². The molecule has 0 spiro atoms. The Morgan fingerprint density at radius 3 is 1.65 bits per heavy atom. The van der Waals surface area contributed by atoms with Gasteiger partial charge in [0.05, 0.1) is 17.2 Å². The molecule has 24 heteroatoms. The second-order valence-corrected chi connectivity index (χ2v) is 15.2. The molecule has 2 aromatic carbocycles. The molecule has 314 valence electrons. The van der Waals surface area contributed by atoms with Gasteiger partial charge < -0.3 is 39.6 Å². The summed E-state index contributed by atoms with van der Waals surface area (Å²) in [6.45, 7) is 1.80. The number of allylic oxidation sites excluding steroid dienone is 1. The Balaban J connectivity index is 0.000000182. The average molecular weight is 863 g/mol. The number of hydrogen-bond donors (Lipinski definition) is 3. The molecule has 4 aliphatic heterocycles. The van der Waals surface area contributed by atoms with Crippen LogP contribution in [-0.2, 0) is 47.5 Å². The van der Waals surface area contributed by atoms with E-state index >= 15 is 0 Å². The van der Waals surface area contributed by atoms with Crippen molar-refractivity contribution in [2.75, 3.05) is 37.9 Å². The van der Waals surface area contributed by atoms with Crippen molar-refractivity contribution >= 4 is 53.1 Å². The highest BCUT2D eigenvalue weighted by molar-refractivity contribution is 7.99. The van der Waals surface area contributed by atoms with Gasteiger partial charge in [-0.1, -0.05) is 59.9 Å². The number of ether oxygens (including phenoxy) is 4. The largest absolute Gasteiger partial charge is 0.493 e. The van der Waals surface area contributed by atoms with Gasteiger partial charge in [-0.25, -0.2) is 14.2 Å². The Hall–Kier alpha value is -6.69. The molecule has 22 nitrogen and oxygen atoms in total. The van der Waals surface area contributed by atoms with Crippen molar-refractivity contribution in [1.82, 2.24) is 60.8 Å². The van der Waals surface area contributed by atoms with Gasteiger partial charge in [-0.05, 0) is 52.0 Å². The minimum Gasteiger partial charge on any atom is -0.493 e. The fourth-order valence-electron chi connectivity index (χ4n) is 6.44. The minimum absolute atomic E-state index is 0.0555. The highest BCUT2D eigenvalue weighted by atomic mass is 32.2. The molecule has 8 rings (SSSR count). The molecule has 2 aromatic heterocycles. The Kier molecular flexibility index (Phi) is 12.8. The van der Waals surface area contributed by atoms with Crippen molar-refractivity contribution < 1.29 is 48.0 Å². The van der Waals surface area contributed by atoms with E-state index in [4.69, 9.17) is 18.9 Å². The number of aliphatic carboxylic acids is 1. The number of fused-ring (bicyclic) bond motifs is 2. The Labute approximate surface area is 349 Å². The molecule has 0 aliphatic carbocycles. The number of nitrogens with one attached hydrogen (secondary N) is 2. The molecule has 0 radical (unpaired) electrons. The van der Waals surface area contributed by atoms with Gasteiger partial charge in [0.25, 0.3) is 23.6 Å². The van der Waals surface area contributed by atoms with Crippen LogP contribution in [0.2, 0.25) is 0 Å². The molecule has 60 heavy (non-hydrogen) atoms. The summed E-state index contributed by atoms with van der Waals surface area (Å²) in [4.78, 5) is 64.2. The Bertz CT molecular complexity index is 2310.